The van der Waals surface area contributed by atoms with Gasteiger partial charge in [0.2, 0.25) is 0 Å². The second-order valence-electron chi connectivity index (χ2n) is 5.33. The SMILES string of the molecule is COc1ccc(C)cc1NC(=O)c1csc(Nc2cccc(Cl)c2)n1. The van der Waals surface area contributed by atoms with Crippen LogP contribution in [0, 0.1) is 6.92 Å². The number of anilines is 3. The lowest BCUT2D eigenvalue weighted by Gasteiger charge is -2.10. The number of hydrogen-bond donors (Lipinski definition) is 2. The molecule has 0 fully saturated rings. The molecule has 1 amide bonds. The van der Waals surface area contributed by atoms with Crippen molar-refractivity contribution in [2.45, 2.75) is 6.92 Å². The minimum absolute atomic E-state index is 0.292. The first-order valence-corrected chi connectivity index (χ1v) is 8.75. The number of benzene rings is 2. The molecule has 0 aliphatic heterocycles. The lowest BCUT2D eigenvalue weighted by atomic mass is 10.2. The first kappa shape index (κ1) is 17.3. The van der Waals surface area contributed by atoms with Gasteiger partial charge in [0.1, 0.15) is 11.4 Å². The Morgan fingerprint density at radius 2 is 2.08 bits per heavy atom. The average molecular weight is 374 g/mol. The van der Waals surface area contributed by atoms with Crippen molar-refractivity contribution in [2.24, 2.45) is 0 Å². The fourth-order valence-electron chi connectivity index (χ4n) is 2.23. The van der Waals surface area contributed by atoms with E-state index in [1.165, 1.54) is 11.3 Å². The van der Waals surface area contributed by atoms with E-state index in [1.54, 1.807) is 24.6 Å². The second-order valence-corrected chi connectivity index (χ2v) is 6.63. The molecule has 0 atom stereocenters. The zero-order valence-electron chi connectivity index (χ0n) is 13.7. The van der Waals surface area contributed by atoms with Crippen molar-refractivity contribution in [1.29, 1.82) is 0 Å². The number of carbonyl (C=O) groups is 1. The molecule has 2 aromatic carbocycles. The Morgan fingerprint density at radius 1 is 1.24 bits per heavy atom. The van der Waals surface area contributed by atoms with Crippen LogP contribution in [0.4, 0.5) is 16.5 Å². The van der Waals surface area contributed by atoms with E-state index >= 15 is 0 Å². The van der Waals surface area contributed by atoms with Gasteiger partial charge in [-0.3, -0.25) is 4.79 Å². The molecule has 0 saturated carbocycles. The standard InChI is InChI=1S/C18H16ClN3O2S/c1-11-6-7-16(24-2)14(8-11)21-17(23)15-10-25-18(22-15)20-13-5-3-4-12(19)9-13/h3-10H,1-2H3,(H,20,22)(H,21,23). The summed E-state index contributed by atoms with van der Waals surface area (Å²) in [6, 6.07) is 12.9. The van der Waals surface area contributed by atoms with E-state index in [1.807, 2.05) is 37.3 Å². The van der Waals surface area contributed by atoms with E-state index in [0.717, 1.165) is 11.3 Å². The summed E-state index contributed by atoms with van der Waals surface area (Å²) in [4.78, 5) is 16.8. The monoisotopic (exact) mass is 373 g/mol. The summed E-state index contributed by atoms with van der Waals surface area (Å²) in [7, 11) is 1.57. The number of aryl methyl sites for hydroxylation is 1. The Hall–Kier alpha value is -2.57. The van der Waals surface area contributed by atoms with Gasteiger partial charge in [-0.05, 0) is 42.8 Å². The van der Waals surface area contributed by atoms with Crippen molar-refractivity contribution < 1.29 is 9.53 Å². The number of rotatable bonds is 5. The van der Waals surface area contributed by atoms with Crippen molar-refractivity contribution in [3.8, 4) is 5.75 Å². The number of methoxy groups -OCH3 is 1. The van der Waals surface area contributed by atoms with E-state index in [-0.39, 0.29) is 5.91 Å². The van der Waals surface area contributed by atoms with Crippen LogP contribution in [-0.4, -0.2) is 18.0 Å². The molecular weight excluding hydrogens is 358 g/mol. The molecule has 2 N–H and O–H groups in total. The number of hydrogen-bond acceptors (Lipinski definition) is 5. The number of thiazole rings is 1. The lowest BCUT2D eigenvalue weighted by molar-refractivity contribution is 0.102. The normalized spacial score (nSPS) is 10.4. The summed E-state index contributed by atoms with van der Waals surface area (Å²) < 4.78 is 5.28. The van der Waals surface area contributed by atoms with Gasteiger partial charge in [0.15, 0.2) is 5.13 Å². The van der Waals surface area contributed by atoms with Gasteiger partial charge in [-0.1, -0.05) is 23.7 Å². The van der Waals surface area contributed by atoms with Crippen LogP contribution in [0.5, 0.6) is 5.75 Å². The molecule has 3 aromatic rings. The minimum Gasteiger partial charge on any atom is -0.495 e. The maximum atomic E-state index is 12.4. The highest BCUT2D eigenvalue weighted by Gasteiger charge is 2.14. The van der Waals surface area contributed by atoms with Crippen molar-refractivity contribution in [3.63, 3.8) is 0 Å². The molecule has 5 nitrogen and oxygen atoms in total. The average Bonchev–Trinajstić information content (AvgIpc) is 3.04. The fourth-order valence-corrected chi connectivity index (χ4v) is 3.13. The summed E-state index contributed by atoms with van der Waals surface area (Å²) in [5.41, 5.74) is 2.79. The van der Waals surface area contributed by atoms with Gasteiger partial charge in [0, 0.05) is 16.1 Å². The van der Waals surface area contributed by atoms with Gasteiger partial charge in [0.25, 0.3) is 5.91 Å². The third-order valence-electron chi connectivity index (χ3n) is 3.42. The number of ether oxygens (including phenoxy) is 1. The Labute approximate surface area is 154 Å². The number of aromatic nitrogens is 1. The van der Waals surface area contributed by atoms with Crippen molar-refractivity contribution >= 4 is 45.4 Å². The predicted molar refractivity (Wildman–Crippen MR) is 103 cm³/mol. The molecule has 0 unspecified atom stereocenters. The summed E-state index contributed by atoms with van der Waals surface area (Å²) in [5, 5.41) is 8.91. The molecule has 0 radical (unpaired) electrons. The van der Waals surface area contributed by atoms with Crippen LogP contribution in [0.2, 0.25) is 5.02 Å². The molecule has 128 valence electrons. The lowest BCUT2D eigenvalue weighted by Crippen LogP contribution is -2.13. The fraction of sp³-hybridized carbons (Fsp3) is 0.111. The van der Waals surface area contributed by atoms with Gasteiger partial charge < -0.3 is 15.4 Å². The van der Waals surface area contributed by atoms with Gasteiger partial charge in [-0.2, -0.15) is 0 Å². The van der Waals surface area contributed by atoms with E-state index in [4.69, 9.17) is 16.3 Å². The van der Waals surface area contributed by atoms with Crippen LogP contribution in [0.15, 0.2) is 47.8 Å². The molecule has 0 aliphatic carbocycles. The zero-order valence-corrected chi connectivity index (χ0v) is 15.2. The highest BCUT2D eigenvalue weighted by Crippen LogP contribution is 2.27. The van der Waals surface area contributed by atoms with Crippen LogP contribution >= 0.6 is 22.9 Å². The summed E-state index contributed by atoms with van der Waals surface area (Å²) in [6.07, 6.45) is 0. The molecule has 0 spiro atoms. The highest BCUT2D eigenvalue weighted by atomic mass is 35.5. The van der Waals surface area contributed by atoms with E-state index < -0.39 is 0 Å². The molecule has 3 rings (SSSR count). The summed E-state index contributed by atoms with van der Waals surface area (Å²) in [6.45, 7) is 1.95. The van der Waals surface area contributed by atoms with Crippen molar-refractivity contribution in [2.75, 3.05) is 17.7 Å². The minimum atomic E-state index is -0.292. The second kappa shape index (κ2) is 7.55. The molecule has 25 heavy (non-hydrogen) atoms. The Kier molecular flexibility index (Phi) is 5.21. The number of amides is 1. The van der Waals surface area contributed by atoms with Gasteiger partial charge >= 0.3 is 0 Å². The van der Waals surface area contributed by atoms with Crippen LogP contribution < -0.4 is 15.4 Å². The van der Waals surface area contributed by atoms with Crippen LogP contribution in [0.25, 0.3) is 0 Å². The number of halogens is 1. The quantitative estimate of drug-likeness (QED) is 0.652. The smallest absolute Gasteiger partial charge is 0.275 e. The van der Waals surface area contributed by atoms with Crippen LogP contribution in [-0.2, 0) is 0 Å². The van der Waals surface area contributed by atoms with Crippen LogP contribution in [0.3, 0.4) is 0 Å². The van der Waals surface area contributed by atoms with Crippen molar-refractivity contribution in [3.05, 3.63) is 64.1 Å². The first-order valence-electron chi connectivity index (χ1n) is 7.49. The molecule has 0 aliphatic rings. The maximum absolute atomic E-state index is 12.4. The van der Waals surface area contributed by atoms with E-state index in [2.05, 4.69) is 15.6 Å². The largest absolute Gasteiger partial charge is 0.495 e. The molecule has 7 heteroatoms. The third kappa shape index (κ3) is 4.29. The number of carbonyl (C=O) groups excluding carboxylic acids is 1. The van der Waals surface area contributed by atoms with Gasteiger partial charge in [-0.25, -0.2) is 4.98 Å². The molecule has 1 aromatic heterocycles. The molecular formula is C18H16ClN3O2S. The van der Waals surface area contributed by atoms with E-state index in [9.17, 15) is 4.79 Å². The topological polar surface area (TPSA) is 63.2 Å². The van der Waals surface area contributed by atoms with E-state index in [0.29, 0.717) is 27.3 Å². The van der Waals surface area contributed by atoms with Gasteiger partial charge in [-0.15, -0.1) is 11.3 Å². The summed E-state index contributed by atoms with van der Waals surface area (Å²) >= 11 is 7.31. The van der Waals surface area contributed by atoms with Gasteiger partial charge in [0.05, 0.1) is 12.8 Å². The van der Waals surface area contributed by atoms with Crippen molar-refractivity contribution in [1.82, 2.24) is 4.98 Å². The Bertz CT molecular complexity index is 911. The molecule has 0 saturated heterocycles. The summed E-state index contributed by atoms with van der Waals surface area (Å²) in [5.74, 6) is 0.311. The first-order chi connectivity index (χ1) is 12.0. The van der Waals surface area contributed by atoms with Crippen LogP contribution in [0.1, 0.15) is 16.1 Å². The maximum Gasteiger partial charge on any atom is 0.275 e. The number of nitrogens with zero attached hydrogens (tertiary/aromatic N) is 1. The Morgan fingerprint density at radius 3 is 2.84 bits per heavy atom. The number of nitrogens with one attached hydrogen (secondary N) is 2. The third-order valence-corrected chi connectivity index (χ3v) is 4.41. The zero-order chi connectivity index (χ0) is 17.8. The Balaban J connectivity index is 1.74. The highest BCUT2D eigenvalue weighted by molar-refractivity contribution is 7.14. The molecule has 1 heterocycles. The predicted octanol–water partition coefficient (Wildman–Crippen LogP) is 5.11. The molecule has 0 bridgehead atoms.